The largest absolute Gasteiger partial charge is 0.408 e. The van der Waals surface area contributed by atoms with E-state index in [1.165, 1.54) is 13.8 Å². The molecule has 2 aliphatic rings. The molecule has 2 atom stereocenters. The van der Waals surface area contributed by atoms with Gasteiger partial charge in [0.05, 0.1) is 11.4 Å². The summed E-state index contributed by atoms with van der Waals surface area (Å²) < 4.78 is 96.0. The second-order valence-corrected chi connectivity index (χ2v) is 10.7. The van der Waals surface area contributed by atoms with Crippen molar-refractivity contribution in [1.82, 2.24) is 20.2 Å². The van der Waals surface area contributed by atoms with Gasteiger partial charge in [0.15, 0.2) is 5.01 Å². The molecule has 0 spiro atoms. The summed E-state index contributed by atoms with van der Waals surface area (Å²) in [6.07, 6.45) is -5.60. The minimum absolute atomic E-state index is 0.106. The van der Waals surface area contributed by atoms with Crippen molar-refractivity contribution in [3.8, 4) is 10.4 Å². The van der Waals surface area contributed by atoms with Crippen molar-refractivity contribution in [2.75, 3.05) is 11.9 Å². The van der Waals surface area contributed by atoms with Gasteiger partial charge in [0.1, 0.15) is 17.6 Å². The average Bonchev–Trinajstić information content (AvgIpc) is 3.38. The first-order valence-electron chi connectivity index (χ1n) is 12.3. The van der Waals surface area contributed by atoms with E-state index in [0.29, 0.717) is 11.3 Å². The number of amides is 2. The van der Waals surface area contributed by atoms with E-state index in [4.69, 9.17) is 0 Å². The highest BCUT2D eigenvalue weighted by Crippen LogP contribution is 2.40. The lowest BCUT2D eigenvalue weighted by atomic mass is 9.93. The van der Waals surface area contributed by atoms with Gasteiger partial charge in [-0.2, -0.15) is 13.2 Å². The Morgan fingerprint density at radius 2 is 1.95 bits per heavy atom. The Bertz CT molecular complexity index is 1230. The highest BCUT2D eigenvalue weighted by Gasteiger charge is 2.46. The molecule has 1 aliphatic heterocycles. The molecule has 7 nitrogen and oxygen atoms in total. The fraction of sp³-hybridized carbons (Fsp3) is 0.583. The van der Waals surface area contributed by atoms with E-state index in [9.17, 15) is 40.3 Å². The molecule has 2 aromatic heterocycles. The number of nitrogens with one attached hydrogen (secondary N) is 2. The Morgan fingerprint density at radius 3 is 2.46 bits per heavy atom. The summed E-state index contributed by atoms with van der Waals surface area (Å²) in [7, 11) is 0. The van der Waals surface area contributed by atoms with Crippen molar-refractivity contribution in [3.05, 3.63) is 28.5 Å². The Hall–Kier alpha value is -2.97. The van der Waals surface area contributed by atoms with Gasteiger partial charge >= 0.3 is 6.18 Å². The molecule has 1 saturated carbocycles. The number of halogens is 7. The summed E-state index contributed by atoms with van der Waals surface area (Å²) in [5.41, 5.74) is -1.57. The monoisotopic (exact) mass is 581 g/mol. The summed E-state index contributed by atoms with van der Waals surface area (Å²) in [5, 5.41) is 4.59. The zero-order valence-corrected chi connectivity index (χ0v) is 21.7. The molecule has 2 fully saturated rings. The molecule has 2 amide bonds. The minimum atomic E-state index is -4.66. The number of carbonyl (C=O) groups excluding carboxylic acids is 2. The summed E-state index contributed by atoms with van der Waals surface area (Å²) >= 11 is 0.614. The zero-order valence-electron chi connectivity index (χ0n) is 20.9. The molecular formula is C24H26F7N5O2S. The summed E-state index contributed by atoms with van der Waals surface area (Å²) in [6.45, 7) is 1.76. The maximum absolute atomic E-state index is 14.2. The molecule has 1 aliphatic carbocycles. The molecule has 2 aromatic rings. The maximum Gasteiger partial charge on any atom is 0.408 e. The number of anilines is 1. The van der Waals surface area contributed by atoms with Crippen LogP contribution in [0.1, 0.15) is 78.2 Å². The topological polar surface area (TPSA) is 87.2 Å². The summed E-state index contributed by atoms with van der Waals surface area (Å²) in [4.78, 5) is 34.7. The number of thiazole rings is 1. The Balaban J connectivity index is 1.76. The number of pyridine rings is 1. The highest BCUT2D eigenvalue weighted by molar-refractivity contribution is 7.17. The van der Waals surface area contributed by atoms with E-state index in [1.807, 2.05) is 0 Å². The van der Waals surface area contributed by atoms with Crippen LogP contribution < -0.4 is 10.6 Å². The number of rotatable bonds is 8. The van der Waals surface area contributed by atoms with Crippen LogP contribution >= 0.6 is 11.3 Å². The molecule has 1 saturated heterocycles. The van der Waals surface area contributed by atoms with Gasteiger partial charge in [-0.05, 0) is 38.7 Å². The number of nitrogens with zero attached hydrogens (tertiary/aromatic N) is 3. The van der Waals surface area contributed by atoms with Crippen LogP contribution in [0, 0.1) is 0 Å². The third-order valence-corrected chi connectivity index (χ3v) is 7.88. The Kier molecular flexibility index (Phi) is 8.11. The van der Waals surface area contributed by atoms with Crippen molar-refractivity contribution in [1.29, 1.82) is 0 Å². The smallest absolute Gasteiger partial charge is 0.359 e. The predicted molar refractivity (Wildman–Crippen MR) is 129 cm³/mol. The number of alkyl halides is 7. The number of hydrogen-bond acceptors (Lipinski definition) is 6. The van der Waals surface area contributed by atoms with Gasteiger partial charge in [-0.3, -0.25) is 9.59 Å². The van der Waals surface area contributed by atoms with Crippen molar-refractivity contribution in [3.63, 3.8) is 0 Å². The molecule has 4 rings (SSSR count). The number of likely N-dealkylation sites (tertiary alicyclic amines) is 1. The van der Waals surface area contributed by atoms with E-state index in [1.54, 1.807) is 0 Å². The lowest BCUT2D eigenvalue weighted by Gasteiger charge is -2.25. The van der Waals surface area contributed by atoms with Gasteiger partial charge in [-0.25, -0.2) is 27.5 Å². The van der Waals surface area contributed by atoms with E-state index >= 15 is 0 Å². The third kappa shape index (κ3) is 6.28. The number of aromatic nitrogens is 2. The molecule has 0 aromatic carbocycles. The maximum atomic E-state index is 14.2. The van der Waals surface area contributed by atoms with E-state index in [2.05, 4.69) is 20.6 Å². The molecule has 3 heterocycles. The van der Waals surface area contributed by atoms with Crippen LogP contribution in [0.5, 0.6) is 0 Å². The first-order chi connectivity index (χ1) is 18.2. The Labute approximate surface area is 223 Å². The molecule has 0 bridgehead atoms. The quantitative estimate of drug-likeness (QED) is 0.371. The van der Waals surface area contributed by atoms with Crippen LogP contribution in [-0.2, 0) is 0 Å². The van der Waals surface area contributed by atoms with Gasteiger partial charge in [0.25, 0.3) is 24.2 Å². The molecular weight excluding hydrogens is 555 g/mol. The SMILES string of the molecule is CC[C@H](Nc1cc(C(F)F)c(-c2sc(C(=O)NC3CCC3)nc2C(=O)N2CC(F)(F)C[C@@H]2C)cn1)C(F)(F)F. The van der Waals surface area contributed by atoms with Crippen molar-refractivity contribution >= 4 is 29.0 Å². The number of hydrogen-bond donors (Lipinski definition) is 2. The van der Waals surface area contributed by atoms with Crippen molar-refractivity contribution in [2.24, 2.45) is 0 Å². The minimum Gasteiger partial charge on any atom is -0.359 e. The van der Waals surface area contributed by atoms with E-state index in [-0.39, 0.29) is 27.9 Å². The van der Waals surface area contributed by atoms with Crippen LogP contribution in [-0.4, -0.2) is 63.5 Å². The molecule has 15 heteroatoms. The van der Waals surface area contributed by atoms with Crippen LogP contribution in [0.4, 0.5) is 36.6 Å². The van der Waals surface area contributed by atoms with Crippen LogP contribution in [0.25, 0.3) is 10.4 Å². The van der Waals surface area contributed by atoms with Gasteiger partial charge in [0.2, 0.25) is 0 Å². The normalized spacial score (nSPS) is 20.2. The first kappa shape index (κ1) is 29.0. The first-order valence-corrected chi connectivity index (χ1v) is 13.1. The van der Waals surface area contributed by atoms with E-state index < -0.39 is 72.5 Å². The molecule has 39 heavy (non-hydrogen) atoms. The third-order valence-electron chi connectivity index (χ3n) is 6.79. The average molecular weight is 582 g/mol. The van der Waals surface area contributed by atoms with Crippen LogP contribution in [0.2, 0.25) is 0 Å². The van der Waals surface area contributed by atoms with Gasteiger partial charge in [-0.1, -0.05) is 6.92 Å². The van der Waals surface area contributed by atoms with Gasteiger partial charge in [-0.15, -0.1) is 11.3 Å². The molecule has 0 radical (unpaired) electrons. The fourth-order valence-corrected chi connectivity index (χ4v) is 5.47. The van der Waals surface area contributed by atoms with Gasteiger partial charge in [0, 0.05) is 35.8 Å². The second kappa shape index (κ2) is 10.9. The van der Waals surface area contributed by atoms with Crippen LogP contribution in [0.3, 0.4) is 0 Å². The standard InChI is InChI=1S/C24H26F7N5O2S/c1-3-15(24(29,30)31)34-16-7-13(19(25)26)14(9-32-16)18-17(22(38)36-10-23(27,28)8-11(36)2)35-21(39-18)20(37)33-12-5-4-6-12/h7,9,11-12,15,19H,3-6,8,10H2,1-2H3,(H,32,34)(H,33,37)/t11-,15-/m0/s1. The fourth-order valence-electron chi connectivity index (χ4n) is 4.48. The summed E-state index contributed by atoms with van der Waals surface area (Å²) in [5.74, 6) is -5.25. The van der Waals surface area contributed by atoms with Crippen molar-refractivity contribution < 1.29 is 40.3 Å². The Morgan fingerprint density at radius 1 is 1.26 bits per heavy atom. The predicted octanol–water partition coefficient (Wildman–Crippen LogP) is 6.05. The molecule has 0 unspecified atom stereocenters. The highest BCUT2D eigenvalue weighted by atomic mass is 32.1. The van der Waals surface area contributed by atoms with Gasteiger partial charge < -0.3 is 15.5 Å². The van der Waals surface area contributed by atoms with E-state index in [0.717, 1.165) is 36.4 Å². The second-order valence-electron chi connectivity index (χ2n) is 9.74. The lowest BCUT2D eigenvalue weighted by molar-refractivity contribution is -0.142. The number of carbonyl (C=O) groups is 2. The zero-order chi connectivity index (χ0) is 28.7. The van der Waals surface area contributed by atoms with Crippen molar-refractivity contribution in [2.45, 2.75) is 82.6 Å². The molecule has 2 N–H and O–H groups in total. The van der Waals surface area contributed by atoms with Crippen LogP contribution in [0.15, 0.2) is 12.3 Å². The summed E-state index contributed by atoms with van der Waals surface area (Å²) in [6, 6.07) is -2.29. The molecule has 214 valence electrons. The lowest BCUT2D eigenvalue weighted by Crippen LogP contribution is -2.39.